The number of alkyl halides is 1. The molecule has 29 heavy (non-hydrogen) atoms. The van der Waals surface area contributed by atoms with Crippen molar-refractivity contribution in [3.63, 3.8) is 0 Å². The summed E-state index contributed by atoms with van der Waals surface area (Å²) < 4.78 is 23.0. The van der Waals surface area contributed by atoms with E-state index in [0.29, 0.717) is 22.8 Å². The molecule has 2 atom stereocenters. The number of ether oxygens (including phenoxy) is 1. The summed E-state index contributed by atoms with van der Waals surface area (Å²) in [5.74, 6) is 0.0223. The van der Waals surface area contributed by atoms with Crippen molar-refractivity contribution >= 4 is 28.4 Å². The summed E-state index contributed by atoms with van der Waals surface area (Å²) in [5, 5.41) is 8.07. The minimum atomic E-state index is -1.11. The molecule has 5 rings (SSSR count). The van der Waals surface area contributed by atoms with Gasteiger partial charge in [-0.15, -0.1) is 0 Å². The molecule has 0 radical (unpaired) electrons. The highest BCUT2D eigenvalue weighted by atomic mass is 19.1. The second-order valence-corrected chi connectivity index (χ2v) is 6.88. The summed E-state index contributed by atoms with van der Waals surface area (Å²) in [5.41, 5.74) is 8.05. The van der Waals surface area contributed by atoms with Crippen LogP contribution in [-0.2, 0) is 4.74 Å². The number of pyridine rings is 1. The van der Waals surface area contributed by atoms with Crippen LogP contribution < -0.4 is 11.1 Å². The first kappa shape index (κ1) is 17.6. The molecule has 1 aliphatic heterocycles. The summed E-state index contributed by atoms with van der Waals surface area (Å²) in [4.78, 5) is 20.9. The van der Waals surface area contributed by atoms with Crippen molar-refractivity contribution in [2.45, 2.75) is 12.2 Å². The smallest absolute Gasteiger partial charge is 0.254 e. The Morgan fingerprint density at radius 2 is 2.24 bits per heavy atom. The molecule has 0 bridgehead atoms. The molecule has 4 aromatic rings. The number of anilines is 1. The highest BCUT2D eigenvalue weighted by Gasteiger charge is 2.31. The molecule has 0 unspecified atom stereocenters. The second kappa shape index (κ2) is 6.52. The summed E-state index contributed by atoms with van der Waals surface area (Å²) in [6, 6.07) is 5.09. The maximum Gasteiger partial charge on any atom is 0.254 e. The van der Waals surface area contributed by atoms with Gasteiger partial charge in [-0.1, -0.05) is 0 Å². The molecule has 1 aliphatic rings. The van der Waals surface area contributed by atoms with E-state index in [-0.39, 0.29) is 18.8 Å². The van der Waals surface area contributed by atoms with Crippen LogP contribution in [0.2, 0.25) is 0 Å². The zero-order chi connectivity index (χ0) is 20.1. The molecule has 4 aromatic heterocycles. The molecule has 5 heterocycles. The highest BCUT2D eigenvalue weighted by Crippen LogP contribution is 2.35. The topological polar surface area (TPSA) is 112 Å². The van der Waals surface area contributed by atoms with Crippen LogP contribution in [0.5, 0.6) is 0 Å². The SMILES string of the molecule is CNc1cc(-c2cn([C@H]3COC[C@H]3F)c3ncccc23)nc2c(C(N)=O)cnn12. The summed E-state index contributed by atoms with van der Waals surface area (Å²) in [6.07, 6.45) is 3.79. The Kier molecular flexibility index (Phi) is 3.95. The van der Waals surface area contributed by atoms with Crippen LogP contribution in [-0.4, -0.2) is 56.5 Å². The first-order chi connectivity index (χ1) is 14.1. The number of hydrogen-bond acceptors (Lipinski definition) is 6. The molecule has 0 saturated carbocycles. The number of nitrogens with two attached hydrogens (primary N) is 1. The van der Waals surface area contributed by atoms with E-state index in [9.17, 15) is 9.18 Å². The van der Waals surface area contributed by atoms with Crippen molar-refractivity contribution in [1.29, 1.82) is 0 Å². The number of nitrogens with zero attached hydrogens (tertiary/aromatic N) is 5. The Hall–Kier alpha value is -3.53. The molecule has 0 aromatic carbocycles. The minimum absolute atomic E-state index is 0.0679. The van der Waals surface area contributed by atoms with Gasteiger partial charge in [0.2, 0.25) is 0 Å². The number of carbonyl (C=O) groups is 1. The standard InChI is InChI=1S/C19H18FN7O2/c1-22-16-5-14(25-19-11(17(21)28)6-24-27(16)19)12-7-26(15-9-29-8-13(15)20)18-10(12)3-2-4-23-18/h2-7,13,15,22H,8-9H2,1H3,(H2,21,28)/t13-,15+/m1/s1. The third-order valence-electron chi connectivity index (χ3n) is 5.20. The van der Waals surface area contributed by atoms with Crippen molar-refractivity contribution in [3.05, 3.63) is 42.4 Å². The predicted molar refractivity (Wildman–Crippen MR) is 105 cm³/mol. The molecule has 1 fully saturated rings. The fraction of sp³-hybridized carbons (Fsp3) is 0.263. The Bertz CT molecular complexity index is 1250. The van der Waals surface area contributed by atoms with Crippen LogP contribution in [0.4, 0.5) is 10.2 Å². The van der Waals surface area contributed by atoms with Crippen LogP contribution in [0.15, 0.2) is 36.8 Å². The van der Waals surface area contributed by atoms with E-state index in [1.54, 1.807) is 17.8 Å². The molecule has 10 heteroatoms. The molecule has 9 nitrogen and oxygen atoms in total. The lowest BCUT2D eigenvalue weighted by molar-refractivity contribution is 0.100. The average molecular weight is 395 g/mol. The van der Waals surface area contributed by atoms with Gasteiger partial charge in [0.05, 0.1) is 31.1 Å². The van der Waals surface area contributed by atoms with Crippen LogP contribution in [0.3, 0.4) is 0 Å². The van der Waals surface area contributed by atoms with E-state index in [1.807, 2.05) is 24.4 Å². The number of halogens is 1. The number of primary amides is 1. The van der Waals surface area contributed by atoms with Gasteiger partial charge in [0.15, 0.2) is 5.65 Å². The van der Waals surface area contributed by atoms with Gasteiger partial charge in [-0.3, -0.25) is 4.79 Å². The summed E-state index contributed by atoms with van der Waals surface area (Å²) in [7, 11) is 1.75. The van der Waals surface area contributed by atoms with Gasteiger partial charge >= 0.3 is 0 Å². The van der Waals surface area contributed by atoms with Crippen molar-refractivity contribution in [3.8, 4) is 11.3 Å². The molecule has 1 saturated heterocycles. The quantitative estimate of drug-likeness (QED) is 0.545. The first-order valence-corrected chi connectivity index (χ1v) is 9.12. The molecule has 1 amide bonds. The van der Waals surface area contributed by atoms with Gasteiger partial charge in [0.1, 0.15) is 23.2 Å². The second-order valence-electron chi connectivity index (χ2n) is 6.88. The monoisotopic (exact) mass is 395 g/mol. The highest BCUT2D eigenvalue weighted by molar-refractivity contribution is 6.00. The number of aromatic nitrogens is 5. The van der Waals surface area contributed by atoms with E-state index in [1.165, 1.54) is 10.7 Å². The van der Waals surface area contributed by atoms with Gasteiger partial charge in [-0.2, -0.15) is 9.61 Å². The predicted octanol–water partition coefficient (Wildman–Crippen LogP) is 1.80. The molecular weight excluding hydrogens is 377 g/mol. The fourth-order valence-electron chi connectivity index (χ4n) is 3.76. The van der Waals surface area contributed by atoms with Crippen LogP contribution in [0, 0.1) is 0 Å². The minimum Gasteiger partial charge on any atom is -0.376 e. The van der Waals surface area contributed by atoms with Gasteiger partial charge in [-0.25, -0.2) is 14.4 Å². The van der Waals surface area contributed by atoms with E-state index >= 15 is 0 Å². The lowest BCUT2D eigenvalue weighted by Gasteiger charge is -2.13. The largest absolute Gasteiger partial charge is 0.376 e. The number of amides is 1. The number of nitrogens with one attached hydrogen (secondary N) is 1. The number of carbonyl (C=O) groups excluding carboxylic acids is 1. The van der Waals surface area contributed by atoms with E-state index in [4.69, 9.17) is 10.5 Å². The zero-order valence-corrected chi connectivity index (χ0v) is 15.5. The lowest BCUT2D eigenvalue weighted by atomic mass is 10.1. The fourth-order valence-corrected chi connectivity index (χ4v) is 3.76. The Morgan fingerprint density at radius 1 is 1.38 bits per heavy atom. The average Bonchev–Trinajstić information content (AvgIpc) is 3.43. The molecule has 0 aliphatic carbocycles. The Labute approximate surface area is 164 Å². The van der Waals surface area contributed by atoms with Gasteiger partial charge in [-0.05, 0) is 12.1 Å². The van der Waals surface area contributed by atoms with Gasteiger partial charge < -0.3 is 20.4 Å². The summed E-state index contributed by atoms with van der Waals surface area (Å²) in [6.45, 7) is 0.349. The van der Waals surface area contributed by atoms with Crippen molar-refractivity contribution < 1.29 is 13.9 Å². The molecule has 3 N–H and O–H groups in total. The zero-order valence-electron chi connectivity index (χ0n) is 15.5. The van der Waals surface area contributed by atoms with Crippen molar-refractivity contribution in [1.82, 2.24) is 24.1 Å². The van der Waals surface area contributed by atoms with E-state index in [0.717, 1.165) is 10.9 Å². The number of hydrogen-bond donors (Lipinski definition) is 2. The van der Waals surface area contributed by atoms with Crippen molar-refractivity contribution in [2.75, 3.05) is 25.6 Å². The molecule has 0 spiro atoms. The summed E-state index contributed by atoms with van der Waals surface area (Å²) >= 11 is 0. The van der Waals surface area contributed by atoms with E-state index < -0.39 is 18.1 Å². The van der Waals surface area contributed by atoms with Crippen LogP contribution in [0.1, 0.15) is 16.4 Å². The van der Waals surface area contributed by atoms with Gasteiger partial charge in [0.25, 0.3) is 5.91 Å². The normalized spacial score (nSPS) is 19.2. The third-order valence-corrected chi connectivity index (χ3v) is 5.20. The maximum absolute atomic E-state index is 14.4. The first-order valence-electron chi connectivity index (χ1n) is 9.12. The molecular formula is C19H18FN7O2. The third kappa shape index (κ3) is 2.64. The lowest BCUT2D eigenvalue weighted by Crippen LogP contribution is -2.18. The van der Waals surface area contributed by atoms with Crippen LogP contribution >= 0.6 is 0 Å². The van der Waals surface area contributed by atoms with Crippen molar-refractivity contribution in [2.24, 2.45) is 5.73 Å². The molecule has 148 valence electrons. The number of fused-ring (bicyclic) bond motifs is 2. The van der Waals surface area contributed by atoms with Crippen LogP contribution in [0.25, 0.3) is 27.9 Å². The van der Waals surface area contributed by atoms with E-state index in [2.05, 4.69) is 20.4 Å². The number of rotatable bonds is 4. The Balaban J connectivity index is 1.77. The Morgan fingerprint density at radius 3 is 2.97 bits per heavy atom. The maximum atomic E-state index is 14.4. The van der Waals surface area contributed by atoms with Gasteiger partial charge in [0, 0.05) is 36.5 Å².